The van der Waals surface area contributed by atoms with Gasteiger partial charge in [-0.3, -0.25) is 0 Å². The van der Waals surface area contributed by atoms with E-state index in [-0.39, 0.29) is 5.41 Å². The van der Waals surface area contributed by atoms with Gasteiger partial charge < -0.3 is 4.57 Å². The Bertz CT molecular complexity index is 2330. The van der Waals surface area contributed by atoms with Crippen LogP contribution in [0.4, 0.5) is 0 Å². The first-order valence-electron chi connectivity index (χ1n) is 14.1. The van der Waals surface area contributed by atoms with E-state index in [2.05, 4.69) is 146 Å². The molecule has 0 amide bonds. The first-order valence-corrected chi connectivity index (χ1v) is 14.1. The molecule has 1 heterocycles. The third kappa shape index (κ3) is 2.67. The zero-order chi connectivity index (χ0) is 26.6. The summed E-state index contributed by atoms with van der Waals surface area (Å²) >= 11 is 0. The van der Waals surface area contributed by atoms with Crippen LogP contribution in [0.25, 0.3) is 70.9 Å². The van der Waals surface area contributed by atoms with E-state index in [1.807, 2.05) is 0 Å². The third-order valence-electron chi connectivity index (χ3n) is 9.35. The highest BCUT2D eigenvalue weighted by Crippen LogP contribution is 2.52. The van der Waals surface area contributed by atoms with Gasteiger partial charge in [0.2, 0.25) is 0 Å². The highest BCUT2D eigenvalue weighted by molar-refractivity contribution is 6.33. The van der Waals surface area contributed by atoms with Crippen LogP contribution in [-0.4, -0.2) is 4.57 Å². The molecular formula is C39H27N. The third-order valence-corrected chi connectivity index (χ3v) is 9.35. The predicted molar refractivity (Wildman–Crippen MR) is 171 cm³/mol. The molecule has 8 aromatic rings. The van der Waals surface area contributed by atoms with Crippen LogP contribution in [-0.2, 0) is 5.41 Å². The number of benzene rings is 7. The minimum absolute atomic E-state index is 0.0406. The molecule has 40 heavy (non-hydrogen) atoms. The molecule has 0 N–H and O–H groups in total. The van der Waals surface area contributed by atoms with Crippen molar-refractivity contribution in [1.82, 2.24) is 4.57 Å². The lowest BCUT2D eigenvalue weighted by atomic mass is 9.81. The Morgan fingerprint density at radius 1 is 0.450 bits per heavy atom. The Labute approximate surface area is 232 Å². The average Bonchev–Trinajstić information content (AvgIpc) is 3.46. The lowest BCUT2D eigenvalue weighted by Crippen LogP contribution is -2.14. The first kappa shape index (κ1) is 22.0. The van der Waals surface area contributed by atoms with E-state index in [0.717, 1.165) is 0 Å². The van der Waals surface area contributed by atoms with Gasteiger partial charge in [-0.15, -0.1) is 0 Å². The normalized spacial score (nSPS) is 13.9. The van der Waals surface area contributed by atoms with Crippen molar-refractivity contribution in [1.29, 1.82) is 0 Å². The van der Waals surface area contributed by atoms with Crippen molar-refractivity contribution >= 4 is 54.1 Å². The molecule has 0 unspecified atom stereocenters. The summed E-state index contributed by atoms with van der Waals surface area (Å²) in [6, 6.07) is 47.3. The fourth-order valence-corrected chi connectivity index (χ4v) is 7.53. The summed E-state index contributed by atoms with van der Waals surface area (Å²) < 4.78 is 2.47. The van der Waals surface area contributed by atoms with Gasteiger partial charge in [-0.2, -0.15) is 0 Å². The molecule has 0 atom stereocenters. The van der Waals surface area contributed by atoms with Crippen LogP contribution in [0.5, 0.6) is 0 Å². The number of hydrogen-bond donors (Lipinski definition) is 0. The molecule has 1 aliphatic carbocycles. The number of fused-ring (bicyclic) bond motifs is 13. The largest absolute Gasteiger partial charge is 0.309 e. The molecule has 0 saturated carbocycles. The zero-order valence-corrected chi connectivity index (χ0v) is 22.6. The second-order valence-corrected chi connectivity index (χ2v) is 11.7. The summed E-state index contributed by atoms with van der Waals surface area (Å²) in [4.78, 5) is 0. The quantitative estimate of drug-likeness (QED) is 0.194. The maximum Gasteiger partial charge on any atom is 0.0625 e. The standard InChI is InChI=1S/C39H27N/c1-39(2)34-18-10-8-15-26(34)33-22-31-25-14-6-7-17-28(25)37-29(32(31)23-35(33)39)20-21-30-27-16-9-11-19-36(27)40(38(30)37)24-12-4-3-5-13-24/h3-23H,1-2H3. The monoisotopic (exact) mass is 509 g/mol. The summed E-state index contributed by atoms with van der Waals surface area (Å²) in [5, 5.41) is 10.5. The van der Waals surface area contributed by atoms with Crippen molar-refractivity contribution in [3.63, 3.8) is 0 Å². The first-order chi connectivity index (χ1) is 19.6. The van der Waals surface area contributed by atoms with Gasteiger partial charge in [0.05, 0.1) is 11.0 Å². The molecule has 0 saturated heterocycles. The Morgan fingerprint density at radius 3 is 1.93 bits per heavy atom. The number of aromatic nitrogens is 1. The second kappa shape index (κ2) is 7.61. The summed E-state index contributed by atoms with van der Waals surface area (Å²) in [6.45, 7) is 4.75. The molecule has 1 aliphatic rings. The molecule has 7 aromatic carbocycles. The van der Waals surface area contributed by atoms with Crippen LogP contribution in [0.3, 0.4) is 0 Å². The van der Waals surface area contributed by atoms with Gasteiger partial charge in [0.1, 0.15) is 0 Å². The molecule has 0 aliphatic heterocycles. The Morgan fingerprint density at radius 2 is 1.07 bits per heavy atom. The molecule has 1 aromatic heterocycles. The maximum absolute atomic E-state index is 2.50. The molecule has 1 nitrogen and oxygen atoms in total. The number of para-hydroxylation sites is 2. The van der Waals surface area contributed by atoms with Crippen LogP contribution in [0, 0.1) is 0 Å². The summed E-state index contributed by atoms with van der Waals surface area (Å²) in [6.07, 6.45) is 0. The van der Waals surface area contributed by atoms with Gasteiger partial charge in [-0.05, 0) is 79.5 Å². The van der Waals surface area contributed by atoms with Gasteiger partial charge in [0, 0.05) is 27.3 Å². The Hall–Kier alpha value is -4.88. The van der Waals surface area contributed by atoms with Gasteiger partial charge in [-0.25, -0.2) is 0 Å². The van der Waals surface area contributed by atoms with E-state index in [0.29, 0.717) is 0 Å². The van der Waals surface area contributed by atoms with Gasteiger partial charge in [0.15, 0.2) is 0 Å². The lowest BCUT2D eigenvalue weighted by molar-refractivity contribution is 0.661. The zero-order valence-electron chi connectivity index (χ0n) is 22.6. The van der Waals surface area contributed by atoms with Crippen LogP contribution in [0.2, 0.25) is 0 Å². The van der Waals surface area contributed by atoms with Crippen molar-refractivity contribution in [2.24, 2.45) is 0 Å². The number of rotatable bonds is 1. The van der Waals surface area contributed by atoms with Gasteiger partial charge in [0.25, 0.3) is 0 Å². The van der Waals surface area contributed by atoms with E-state index >= 15 is 0 Å². The van der Waals surface area contributed by atoms with Crippen LogP contribution in [0.15, 0.2) is 127 Å². The molecule has 0 fully saturated rings. The van der Waals surface area contributed by atoms with Crippen LogP contribution in [0.1, 0.15) is 25.0 Å². The fraction of sp³-hybridized carbons (Fsp3) is 0.0769. The Kier molecular flexibility index (Phi) is 4.18. The highest BCUT2D eigenvalue weighted by Gasteiger charge is 2.35. The molecular weight excluding hydrogens is 482 g/mol. The maximum atomic E-state index is 2.50. The van der Waals surface area contributed by atoms with Crippen molar-refractivity contribution in [2.45, 2.75) is 19.3 Å². The molecule has 0 radical (unpaired) electrons. The smallest absolute Gasteiger partial charge is 0.0625 e. The Balaban J connectivity index is 1.54. The lowest BCUT2D eigenvalue weighted by Gasteiger charge is -2.22. The number of hydrogen-bond acceptors (Lipinski definition) is 0. The van der Waals surface area contributed by atoms with Crippen molar-refractivity contribution in [2.75, 3.05) is 0 Å². The summed E-state index contributed by atoms with van der Waals surface area (Å²) in [7, 11) is 0. The molecule has 0 spiro atoms. The number of nitrogens with zero attached hydrogens (tertiary/aromatic N) is 1. The second-order valence-electron chi connectivity index (χ2n) is 11.7. The van der Waals surface area contributed by atoms with E-state index in [1.165, 1.54) is 82.1 Å². The summed E-state index contributed by atoms with van der Waals surface area (Å²) in [5.41, 5.74) is 9.25. The van der Waals surface area contributed by atoms with Gasteiger partial charge >= 0.3 is 0 Å². The highest BCUT2D eigenvalue weighted by atomic mass is 15.0. The van der Waals surface area contributed by atoms with Crippen molar-refractivity contribution in [3.05, 3.63) is 139 Å². The molecule has 188 valence electrons. The minimum atomic E-state index is -0.0406. The van der Waals surface area contributed by atoms with E-state index in [9.17, 15) is 0 Å². The fourth-order valence-electron chi connectivity index (χ4n) is 7.53. The molecule has 0 bridgehead atoms. The SMILES string of the molecule is CC1(C)c2ccccc2-c2cc3c4ccccc4c4c(ccc5c6ccccc6n(-c6ccccc6)c54)c3cc21. The average molecular weight is 510 g/mol. The summed E-state index contributed by atoms with van der Waals surface area (Å²) in [5.74, 6) is 0. The van der Waals surface area contributed by atoms with Gasteiger partial charge in [-0.1, -0.05) is 111 Å². The van der Waals surface area contributed by atoms with Crippen LogP contribution >= 0.6 is 0 Å². The molecule has 9 rings (SSSR count). The molecule has 1 heteroatoms. The minimum Gasteiger partial charge on any atom is -0.309 e. The topological polar surface area (TPSA) is 4.93 Å². The van der Waals surface area contributed by atoms with E-state index in [4.69, 9.17) is 0 Å². The van der Waals surface area contributed by atoms with E-state index < -0.39 is 0 Å². The van der Waals surface area contributed by atoms with Crippen molar-refractivity contribution < 1.29 is 0 Å². The van der Waals surface area contributed by atoms with E-state index in [1.54, 1.807) is 0 Å². The van der Waals surface area contributed by atoms with Crippen molar-refractivity contribution in [3.8, 4) is 16.8 Å². The van der Waals surface area contributed by atoms with Crippen LogP contribution < -0.4 is 0 Å². The predicted octanol–water partition coefficient (Wildman–Crippen LogP) is 10.5.